The van der Waals surface area contributed by atoms with Gasteiger partial charge in [-0.15, -0.1) is 12.4 Å². The Hall–Kier alpha value is 0.0700. The van der Waals surface area contributed by atoms with Gasteiger partial charge in [0.15, 0.2) is 0 Å². The van der Waals surface area contributed by atoms with E-state index in [-0.39, 0.29) is 19.0 Å². The van der Waals surface area contributed by atoms with Gasteiger partial charge in [-0.1, -0.05) is 0 Å². The highest BCUT2D eigenvalue weighted by Gasteiger charge is 2.32. The second-order valence-electron chi connectivity index (χ2n) is 4.79. The summed E-state index contributed by atoms with van der Waals surface area (Å²) in [6.07, 6.45) is 2.44. The predicted molar refractivity (Wildman–Crippen MR) is 63.4 cm³/mol. The van der Waals surface area contributed by atoms with Gasteiger partial charge in [0.2, 0.25) is 0 Å². The second-order valence-corrected chi connectivity index (χ2v) is 4.79. The first-order valence-electron chi connectivity index (χ1n) is 5.98. The van der Waals surface area contributed by atoms with Gasteiger partial charge in [0, 0.05) is 12.6 Å². The van der Waals surface area contributed by atoms with Crippen molar-refractivity contribution in [2.24, 2.45) is 5.92 Å². The maximum absolute atomic E-state index is 12.4. The average Bonchev–Trinajstić information content (AvgIpc) is 3.01. The Bertz CT molecular complexity index is 194. The lowest BCUT2D eigenvalue weighted by molar-refractivity contribution is 0.0729. The summed E-state index contributed by atoms with van der Waals surface area (Å²) in [5.74, 6) is 0.582. The molecule has 1 saturated carbocycles. The number of rotatable bonds is 5. The summed E-state index contributed by atoms with van der Waals surface area (Å²) in [7, 11) is 0. The minimum absolute atomic E-state index is 0. The lowest BCUT2D eigenvalue weighted by Crippen LogP contribution is -2.41. The van der Waals surface area contributed by atoms with Crippen molar-refractivity contribution in [1.82, 2.24) is 10.2 Å². The Kier molecular flexibility index (Phi) is 5.94. The highest BCUT2D eigenvalue weighted by molar-refractivity contribution is 5.85. The molecule has 2 rings (SSSR count). The Morgan fingerprint density at radius 3 is 2.50 bits per heavy atom. The molecule has 2 aliphatic rings. The highest BCUT2D eigenvalue weighted by atomic mass is 35.5. The van der Waals surface area contributed by atoms with Crippen LogP contribution in [0.4, 0.5) is 8.78 Å². The van der Waals surface area contributed by atoms with E-state index in [2.05, 4.69) is 5.32 Å². The first-order valence-corrected chi connectivity index (χ1v) is 5.98. The fourth-order valence-electron chi connectivity index (χ4n) is 2.40. The first kappa shape index (κ1) is 14.1. The molecule has 1 aliphatic carbocycles. The third-order valence-corrected chi connectivity index (χ3v) is 3.33. The largest absolute Gasteiger partial charge is 0.316 e. The molecular formula is C11H21ClF2N2. The third-order valence-electron chi connectivity index (χ3n) is 3.33. The van der Waals surface area contributed by atoms with Crippen LogP contribution in [0.2, 0.25) is 0 Å². The molecule has 1 unspecified atom stereocenters. The fraction of sp³-hybridized carbons (Fsp3) is 1.00. The van der Waals surface area contributed by atoms with E-state index in [0.29, 0.717) is 12.0 Å². The van der Waals surface area contributed by atoms with E-state index in [0.717, 1.165) is 32.5 Å². The zero-order valence-corrected chi connectivity index (χ0v) is 10.3. The molecule has 1 N–H and O–H groups in total. The molecule has 0 radical (unpaired) electrons. The molecule has 16 heavy (non-hydrogen) atoms. The number of alkyl halides is 2. The highest BCUT2D eigenvalue weighted by Crippen LogP contribution is 2.28. The molecule has 1 atom stereocenters. The van der Waals surface area contributed by atoms with Crippen molar-refractivity contribution in [3.8, 4) is 0 Å². The zero-order valence-electron chi connectivity index (χ0n) is 9.50. The van der Waals surface area contributed by atoms with Crippen molar-refractivity contribution in [3.63, 3.8) is 0 Å². The molecule has 1 aliphatic heterocycles. The number of hydrogen-bond donors (Lipinski definition) is 1. The van der Waals surface area contributed by atoms with Crippen molar-refractivity contribution < 1.29 is 8.78 Å². The van der Waals surface area contributed by atoms with Crippen molar-refractivity contribution in [2.45, 2.75) is 38.2 Å². The maximum Gasteiger partial charge on any atom is 0.251 e. The summed E-state index contributed by atoms with van der Waals surface area (Å²) in [6, 6.07) is 0.459. The Morgan fingerprint density at radius 2 is 2.00 bits per heavy atom. The molecule has 0 bridgehead atoms. The van der Waals surface area contributed by atoms with Crippen molar-refractivity contribution in [2.75, 3.05) is 26.2 Å². The van der Waals surface area contributed by atoms with Crippen LogP contribution in [-0.2, 0) is 0 Å². The number of halogens is 3. The van der Waals surface area contributed by atoms with E-state index in [9.17, 15) is 8.78 Å². The van der Waals surface area contributed by atoms with Gasteiger partial charge in [-0.2, -0.15) is 0 Å². The van der Waals surface area contributed by atoms with Crippen molar-refractivity contribution in [1.29, 1.82) is 0 Å². The minimum Gasteiger partial charge on any atom is -0.316 e. The molecule has 0 amide bonds. The number of piperidine rings is 1. The van der Waals surface area contributed by atoms with Crippen LogP contribution < -0.4 is 5.32 Å². The van der Waals surface area contributed by atoms with Gasteiger partial charge in [-0.25, -0.2) is 8.78 Å². The van der Waals surface area contributed by atoms with Crippen LogP contribution in [0.3, 0.4) is 0 Å². The molecule has 5 heteroatoms. The smallest absolute Gasteiger partial charge is 0.251 e. The van der Waals surface area contributed by atoms with Gasteiger partial charge in [0.25, 0.3) is 6.43 Å². The van der Waals surface area contributed by atoms with Gasteiger partial charge in [-0.05, 0) is 44.7 Å². The summed E-state index contributed by atoms with van der Waals surface area (Å²) in [5.41, 5.74) is 0. The van der Waals surface area contributed by atoms with Gasteiger partial charge in [0.1, 0.15) is 0 Å². The van der Waals surface area contributed by atoms with Crippen molar-refractivity contribution >= 4 is 12.4 Å². The number of hydrogen-bond acceptors (Lipinski definition) is 2. The lowest BCUT2D eigenvalue weighted by Gasteiger charge is -2.29. The van der Waals surface area contributed by atoms with E-state index in [4.69, 9.17) is 0 Å². The molecule has 2 fully saturated rings. The molecular weight excluding hydrogens is 234 g/mol. The van der Waals surface area contributed by atoms with Crippen LogP contribution >= 0.6 is 12.4 Å². The molecule has 0 aromatic heterocycles. The monoisotopic (exact) mass is 254 g/mol. The second kappa shape index (κ2) is 6.72. The molecule has 0 aromatic carbocycles. The van der Waals surface area contributed by atoms with E-state index in [1.54, 1.807) is 0 Å². The minimum atomic E-state index is -2.18. The number of nitrogens with one attached hydrogen (secondary N) is 1. The molecule has 96 valence electrons. The van der Waals surface area contributed by atoms with Crippen LogP contribution in [-0.4, -0.2) is 43.5 Å². The van der Waals surface area contributed by atoms with Gasteiger partial charge in [0.05, 0.1) is 6.54 Å². The summed E-state index contributed by atoms with van der Waals surface area (Å²) in [4.78, 5) is 2.00. The van der Waals surface area contributed by atoms with E-state index in [1.165, 1.54) is 12.8 Å². The fourth-order valence-corrected chi connectivity index (χ4v) is 2.40. The van der Waals surface area contributed by atoms with Crippen LogP contribution in [0, 0.1) is 5.92 Å². The lowest BCUT2D eigenvalue weighted by atomic mass is 9.99. The SMILES string of the molecule is Cl.FC(F)CN(CC1CCCNC1)C1CC1. The number of nitrogens with zero attached hydrogens (tertiary/aromatic N) is 1. The predicted octanol–water partition coefficient (Wildman–Crippen LogP) is 2.14. The summed E-state index contributed by atoms with van der Waals surface area (Å²) in [6.45, 7) is 2.93. The molecule has 1 saturated heterocycles. The molecule has 0 spiro atoms. The quantitative estimate of drug-likeness (QED) is 0.809. The van der Waals surface area contributed by atoms with Gasteiger partial charge >= 0.3 is 0 Å². The molecule has 2 nitrogen and oxygen atoms in total. The van der Waals surface area contributed by atoms with E-state index < -0.39 is 6.43 Å². The van der Waals surface area contributed by atoms with Crippen LogP contribution in [0.25, 0.3) is 0 Å². The summed E-state index contributed by atoms with van der Waals surface area (Å²) < 4.78 is 24.7. The summed E-state index contributed by atoms with van der Waals surface area (Å²) in [5, 5.41) is 3.34. The molecule has 1 heterocycles. The molecule has 0 aromatic rings. The van der Waals surface area contributed by atoms with Gasteiger partial charge in [-0.3, -0.25) is 4.90 Å². The Morgan fingerprint density at radius 1 is 1.25 bits per heavy atom. The van der Waals surface area contributed by atoms with Crippen LogP contribution in [0.1, 0.15) is 25.7 Å². The Balaban J connectivity index is 0.00000128. The van der Waals surface area contributed by atoms with Crippen LogP contribution in [0.15, 0.2) is 0 Å². The van der Waals surface area contributed by atoms with Crippen molar-refractivity contribution in [3.05, 3.63) is 0 Å². The summed E-state index contributed by atoms with van der Waals surface area (Å²) >= 11 is 0. The maximum atomic E-state index is 12.4. The third kappa shape index (κ3) is 4.52. The van der Waals surface area contributed by atoms with E-state index in [1.807, 2.05) is 4.90 Å². The standard InChI is InChI=1S/C11H20F2N2.ClH/c12-11(13)8-15(10-3-4-10)7-9-2-1-5-14-6-9;/h9-11,14H,1-8H2;1H. The first-order chi connectivity index (χ1) is 7.25. The van der Waals surface area contributed by atoms with Gasteiger partial charge < -0.3 is 5.32 Å². The topological polar surface area (TPSA) is 15.3 Å². The zero-order chi connectivity index (χ0) is 10.7. The average molecular weight is 255 g/mol. The van der Waals surface area contributed by atoms with E-state index >= 15 is 0 Å². The Labute approximate surface area is 102 Å². The normalized spacial score (nSPS) is 25.9. The van der Waals surface area contributed by atoms with Crippen LogP contribution in [0.5, 0.6) is 0 Å².